The summed E-state index contributed by atoms with van der Waals surface area (Å²) in [5.74, 6) is 0.596. The van der Waals surface area contributed by atoms with Crippen molar-refractivity contribution in [3.05, 3.63) is 15.5 Å². The highest BCUT2D eigenvalue weighted by molar-refractivity contribution is 7.15. The van der Waals surface area contributed by atoms with E-state index < -0.39 is 0 Å². The minimum absolute atomic E-state index is 0.318. The molecule has 2 N–H and O–H groups in total. The van der Waals surface area contributed by atoms with E-state index in [9.17, 15) is 0 Å². The molecular formula is C9H14ClN3S. The number of nitrogens with zero attached hydrogens (tertiary/aromatic N) is 2. The van der Waals surface area contributed by atoms with Crippen molar-refractivity contribution in [3.8, 4) is 0 Å². The van der Waals surface area contributed by atoms with Gasteiger partial charge >= 0.3 is 0 Å². The van der Waals surface area contributed by atoms with Gasteiger partial charge in [-0.05, 0) is 5.92 Å². The Balaban J connectivity index is 1.93. The molecule has 1 saturated heterocycles. The van der Waals surface area contributed by atoms with Gasteiger partial charge in [0.1, 0.15) is 0 Å². The molecule has 1 aromatic heterocycles. The molecule has 0 aromatic carbocycles. The molecule has 78 valence electrons. The van der Waals surface area contributed by atoms with Gasteiger partial charge in [-0.15, -0.1) is 11.3 Å². The lowest BCUT2D eigenvalue weighted by atomic mass is 10.1. The van der Waals surface area contributed by atoms with Gasteiger partial charge in [0.2, 0.25) is 0 Å². The molecule has 1 aliphatic heterocycles. The molecule has 2 unspecified atom stereocenters. The van der Waals surface area contributed by atoms with Crippen molar-refractivity contribution < 1.29 is 0 Å². The largest absolute Gasteiger partial charge is 0.326 e. The van der Waals surface area contributed by atoms with Crippen molar-refractivity contribution in [2.24, 2.45) is 11.7 Å². The van der Waals surface area contributed by atoms with Crippen LogP contribution in [0.1, 0.15) is 11.8 Å². The lowest BCUT2D eigenvalue weighted by Crippen LogP contribution is -2.28. The third kappa shape index (κ3) is 2.25. The van der Waals surface area contributed by atoms with Crippen LogP contribution >= 0.6 is 22.9 Å². The number of rotatable bonds is 2. The van der Waals surface area contributed by atoms with Crippen molar-refractivity contribution in [1.82, 2.24) is 9.88 Å². The number of likely N-dealkylation sites (tertiary alicyclic amines) is 1. The average Bonchev–Trinajstić information content (AvgIpc) is 2.62. The standard InChI is InChI=1S/C9H14ClN3S/c1-6-3-13(5-8(6)11)4-7-2-12-9(10)14-7/h2,6,8H,3-5,11H2,1H3. The quantitative estimate of drug-likeness (QED) is 0.841. The van der Waals surface area contributed by atoms with Crippen LogP contribution < -0.4 is 5.73 Å². The third-order valence-electron chi connectivity index (χ3n) is 2.65. The molecule has 0 spiro atoms. The number of thiazole rings is 1. The fourth-order valence-corrected chi connectivity index (χ4v) is 2.82. The predicted molar refractivity (Wildman–Crippen MR) is 59.5 cm³/mol. The maximum Gasteiger partial charge on any atom is 0.183 e. The molecule has 1 aromatic rings. The fraction of sp³-hybridized carbons (Fsp3) is 0.667. The van der Waals surface area contributed by atoms with E-state index in [-0.39, 0.29) is 0 Å². The highest BCUT2D eigenvalue weighted by Gasteiger charge is 2.26. The second kappa shape index (κ2) is 4.14. The molecule has 5 heteroatoms. The summed E-state index contributed by atoms with van der Waals surface area (Å²) in [5.41, 5.74) is 5.95. The minimum atomic E-state index is 0.318. The van der Waals surface area contributed by atoms with E-state index in [0.29, 0.717) is 16.4 Å². The van der Waals surface area contributed by atoms with E-state index in [1.807, 2.05) is 6.20 Å². The summed E-state index contributed by atoms with van der Waals surface area (Å²) < 4.78 is 0.622. The Morgan fingerprint density at radius 3 is 3.00 bits per heavy atom. The Morgan fingerprint density at radius 1 is 1.71 bits per heavy atom. The van der Waals surface area contributed by atoms with Gasteiger partial charge in [-0.25, -0.2) is 4.98 Å². The molecule has 0 radical (unpaired) electrons. The Morgan fingerprint density at radius 2 is 2.50 bits per heavy atom. The average molecular weight is 232 g/mol. The van der Waals surface area contributed by atoms with E-state index in [2.05, 4.69) is 16.8 Å². The van der Waals surface area contributed by atoms with E-state index >= 15 is 0 Å². The van der Waals surface area contributed by atoms with Crippen LogP contribution in [0.5, 0.6) is 0 Å². The first-order valence-electron chi connectivity index (χ1n) is 4.73. The van der Waals surface area contributed by atoms with Gasteiger partial charge in [0.05, 0.1) is 0 Å². The summed E-state index contributed by atoms with van der Waals surface area (Å²) in [6.45, 7) is 5.19. The van der Waals surface area contributed by atoms with Crippen LogP contribution in [0.3, 0.4) is 0 Å². The second-order valence-corrected chi connectivity index (χ2v) is 5.61. The molecule has 1 fully saturated rings. The van der Waals surface area contributed by atoms with Crippen molar-refractivity contribution in [3.63, 3.8) is 0 Å². The molecule has 1 aliphatic rings. The summed E-state index contributed by atoms with van der Waals surface area (Å²) in [6.07, 6.45) is 1.85. The summed E-state index contributed by atoms with van der Waals surface area (Å²) in [7, 11) is 0. The third-order valence-corrected chi connectivity index (χ3v) is 3.75. The van der Waals surface area contributed by atoms with Crippen molar-refractivity contribution in [2.45, 2.75) is 19.5 Å². The monoisotopic (exact) mass is 231 g/mol. The summed E-state index contributed by atoms with van der Waals surface area (Å²) >= 11 is 7.32. The molecule has 0 aliphatic carbocycles. The minimum Gasteiger partial charge on any atom is -0.326 e. The van der Waals surface area contributed by atoms with Crippen LogP contribution in [0.4, 0.5) is 0 Å². The zero-order valence-corrected chi connectivity index (χ0v) is 9.68. The number of nitrogens with two attached hydrogens (primary N) is 1. The zero-order valence-electron chi connectivity index (χ0n) is 8.11. The van der Waals surface area contributed by atoms with Gasteiger partial charge in [0.25, 0.3) is 0 Å². The molecule has 3 nitrogen and oxygen atoms in total. The van der Waals surface area contributed by atoms with Crippen molar-refractivity contribution in [1.29, 1.82) is 0 Å². The lowest BCUT2D eigenvalue weighted by Gasteiger charge is -2.12. The molecule has 2 atom stereocenters. The van der Waals surface area contributed by atoms with Gasteiger partial charge in [-0.2, -0.15) is 0 Å². The van der Waals surface area contributed by atoms with Crippen LogP contribution in [0.25, 0.3) is 0 Å². The van der Waals surface area contributed by atoms with Gasteiger partial charge in [-0.1, -0.05) is 18.5 Å². The van der Waals surface area contributed by atoms with E-state index in [1.165, 1.54) is 4.88 Å². The van der Waals surface area contributed by atoms with Crippen molar-refractivity contribution in [2.75, 3.05) is 13.1 Å². The Kier molecular flexibility index (Phi) is 3.07. The number of hydrogen-bond acceptors (Lipinski definition) is 4. The van der Waals surface area contributed by atoms with E-state index in [0.717, 1.165) is 19.6 Å². The first-order chi connectivity index (χ1) is 6.65. The van der Waals surface area contributed by atoms with E-state index in [4.69, 9.17) is 17.3 Å². The van der Waals surface area contributed by atoms with Gasteiger partial charge < -0.3 is 5.73 Å². The maximum absolute atomic E-state index is 5.95. The molecule has 0 bridgehead atoms. The highest BCUT2D eigenvalue weighted by atomic mass is 35.5. The highest BCUT2D eigenvalue weighted by Crippen LogP contribution is 2.22. The van der Waals surface area contributed by atoms with Crippen LogP contribution in [0.2, 0.25) is 4.47 Å². The van der Waals surface area contributed by atoms with Crippen LogP contribution in [0.15, 0.2) is 6.20 Å². The van der Waals surface area contributed by atoms with Gasteiger partial charge in [0.15, 0.2) is 4.47 Å². The smallest absolute Gasteiger partial charge is 0.183 e. The fourth-order valence-electron chi connectivity index (χ4n) is 1.80. The van der Waals surface area contributed by atoms with Crippen LogP contribution in [0, 0.1) is 5.92 Å². The van der Waals surface area contributed by atoms with Crippen LogP contribution in [-0.4, -0.2) is 29.0 Å². The van der Waals surface area contributed by atoms with Gasteiger partial charge in [-0.3, -0.25) is 4.90 Å². The number of hydrogen-bond donors (Lipinski definition) is 1. The summed E-state index contributed by atoms with van der Waals surface area (Å²) in [6, 6.07) is 0.318. The normalized spacial score (nSPS) is 28.5. The molecule has 0 amide bonds. The topological polar surface area (TPSA) is 42.2 Å². The first kappa shape index (κ1) is 10.4. The van der Waals surface area contributed by atoms with E-state index in [1.54, 1.807) is 11.3 Å². The Bertz CT molecular complexity index is 305. The molecule has 2 heterocycles. The predicted octanol–water partition coefficient (Wildman–Crippen LogP) is 1.58. The SMILES string of the molecule is CC1CN(Cc2cnc(Cl)s2)CC1N. The Labute approximate surface area is 92.9 Å². The second-order valence-electron chi connectivity index (χ2n) is 3.91. The summed E-state index contributed by atoms with van der Waals surface area (Å²) in [4.78, 5) is 7.60. The molecule has 2 rings (SSSR count). The lowest BCUT2D eigenvalue weighted by molar-refractivity contribution is 0.321. The summed E-state index contributed by atoms with van der Waals surface area (Å²) in [5, 5.41) is 0. The molecule has 0 saturated carbocycles. The van der Waals surface area contributed by atoms with Crippen molar-refractivity contribution >= 4 is 22.9 Å². The molecule has 14 heavy (non-hydrogen) atoms. The maximum atomic E-state index is 5.95. The Hall–Kier alpha value is -0.160. The zero-order chi connectivity index (χ0) is 10.1. The first-order valence-corrected chi connectivity index (χ1v) is 5.92. The van der Waals surface area contributed by atoms with Gasteiger partial charge in [0, 0.05) is 36.8 Å². The molecular weight excluding hydrogens is 218 g/mol. The number of halogens is 1. The number of aromatic nitrogens is 1. The van der Waals surface area contributed by atoms with Crippen LogP contribution in [-0.2, 0) is 6.54 Å².